The van der Waals surface area contributed by atoms with Gasteiger partial charge in [0.2, 0.25) is 0 Å². The van der Waals surface area contributed by atoms with E-state index in [1.54, 1.807) is 19.9 Å². The van der Waals surface area contributed by atoms with E-state index in [4.69, 9.17) is 0 Å². The minimum atomic E-state index is -1.15. The molecule has 27 heavy (non-hydrogen) atoms. The molecule has 0 saturated carbocycles. The van der Waals surface area contributed by atoms with Crippen molar-refractivity contribution in [1.82, 2.24) is 9.78 Å². The first kappa shape index (κ1) is 18.6. The van der Waals surface area contributed by atoms with Gasteiger partial charge in [0.25, 0.3) is 11.5 Å². The zero-order valence-electron chi connectivity index (χ0n) is 16.0. The Morgan fingerprint density at radius 2 is 1.70 bits per heavy atom. The molecule has 5 nitrogen and oxygen atoms in total. The van der Waals surface area contributed by atoms with Gasteiger partial charge in [0, 0.05) is 17.3 Å². The number of carbonyl (C=O) groups excluding carboxylic acids is 1. The van der Waals surface area contributed by atoms with Crippen LogP contribution in [0, 0.1) is 13.8 Å². The Morgan fingerprint density at radius 3 is 2.41 bits per heavy atom. The monoisotopic (exact) mass is 361 g/mol. The quantitative estimate of drug-likeness (QED) is 0.766. The molecule has 3 rings (SSSR count). The van der Waals surface area contributed by atoms with Crippen molar-refractivity contribution in [3.8, 4) is 11.3 Å². The molecule has 5 heteroatoms. The summed E-state index contributed by atoms with van der Waals surface area (Å²) in [4.78, 5) is 25.4. The highest BCUT2D eigenvalue weighted by atomic mass is 16.2. The molecule has 1 amide bonds. The van der Waals surface area contributed by atoms with E-state index in [9.17, 15) is 9.59 Å². The van der Waals surface area contributed by atoms with E-state index in [0.717, 1.165) is 22.4 Å². The van der Waals surface area contributed by atoms with Crippen LogP contribution in [0.3, 0.4) is 0 Å². The van der Waals surface area contributed by atoms with Gasteiger partial charge in [-0.3, -0.25) is 9.59 Å². The number of benzene rings is 2. The third-order valence-corrected chi connectivity index (χ3v) is 4.60. The van der Waals surface area contributed by atoms with Crippen LogP contribution in [0.4, 0.5) is 5.69 Å². The van der Waals surface area contributed by atoms with Crippen LogP contribution in [0.25, 0.3) is 11.3 Å². The topological polar surface area (TPSA) is 64.0 Å². The van der Waals surface area contributed by atoms with Crippen LogP contribution in [-0.4, -0.2) is 15.7 Å². The van der Waals surface area contributed by atoms with Gasteiger partial charge in [0.1, 0.15) is 5.54 Å². The summed E-state index contributed by atoms with van der Waals surface area (Å²) in [7, 11) is 0. The molecule has 0 aliphatic rings. The summed E-state index contributed by atoms with van der Waals surface area (Å²) in [5.74, 6) is -0.295. The smallest absolute Gasteiger partial charge is 0.267 e. The Bertz CT molecular complexity index is 1040. The van der Waals surface area contributed by atoms with Crippen molar-refractivity contribution < 1.29 is 4.79 Å². The summed E-state index contributed by atoms with van der Waals surface area (Å²) in [5.41, 5.74) is 2.80. The van der Waals surface area contributed by atoms with Crippen LogP contribution in [-0.2, 0) is 10.3 Å². The normalized spacial score (nSPS) is 11.3. The second-order valence-electron chi connectivity index (χ2n) is 7.17. The number of nitrogens with one attached hydrogen (secondary N) is 1. The summed E-state index contributed by atoms with van der Waals surface area (Å²) < 4.78 is 1.25. The van der Waals surface area contributed by atoms with Gasteiger partial charge < -0.3 is 5.32 Å². The molecule has 0 spiro atoms. The van der Waals surface area contributed by atoms with Crippen LogP contribution >= 0.6 is 0 Å². The number of aryl methyl sites for hydroxylation is 2. The molecule has 0 bridgehead atoms. The third kappa shape index (κ3) is 3.82. The van der Waals surface area contributed by atoms with Crippen molar-refractivity contribution in [2.45, 2.75) is 33.2 Å². The Kier molecular flexibility index (Phi) is 4.95. The maximum Gasteiger partial charge on any atom is 0.267 e. The lowest BCUT2D eigenvalue weighted by Crippen LogP contribution is -2.47. The predicted molar refractivity (Wildman–Crippen MR) is 108 cm³/mol. The van der Waals surface area contributed by atoms with Crippen molar-refractivity contribution in [3.63, 3.8) is 0 Å². The zero-order valence-corrected chi connectivity index (χ0v) is 16.0. The van der Waals surface area contributed by atoms with E-state index >= 15 is 0 Å². The number of rotatable bonds is 4. The summed E-state index contributed by atoms with van der Waals surface area (Å²) in [6.45, 7) is 7.28. The SMILES string of the molecule is Cc1ccc(C)c(NC(=O)C(C)(C)n2nc(-c3ccccc3)ccc2=O)c1. The van der Waals surface area contributed by atoms with Crippen molar-refractivity contribution in [3.05, 3.63) is 82.1 Å². The Morgan fingerprint density at radius 1 is 1.00 bits per heavy atom. The maximum absolute atomic E-state index is 13.0. The van der Waals surface area contributed by atoms with Gasteiger partial charge in [-0.05, 0) is 51.0 Å². The summed E-state index contributed by atoms with van der Waals surface area (Å²) in [6, 6.07) is 18.6. The molecule has 3 aromatic rings. The second kappa shape index (κ2) is 7.19. The zero-order chi connectivity index (χ0) is 19.6. The minimum Gasteiger partial charge on any atom is -0.324 e. The number of amides is 1. The molecule has 1 N–H and O–H groups in total. The number of hydrogen-bond acceptors (Lipinski definition) is 3. The molecular formula is C22H23N3O2. The predicted octanol–water partition coefficient (Wildman–Crippen LogP) is 3.90. The molecule has 0 aliphatic heterocycles. The van der Waals surface area contributed by atoms with Crippen LogP contribution in [0.15, 0.2) is 65.5 Å². The van der Waals surface area contributed by atoms with Gasteiger partial charge in [-0.15, -0.1) is 0 Å². The molecule has 1 aromatic heterocycles. The van der Waals surface area contributed by atoms with Crippen LogP contribution in [0.2, 0.25) is 0 Å². The lowest BCUT2D eigenvalue weighted by molar-refractivity contribution is -0.123. The molecule has 0 saturated heterocycles. The van der Waals surface area contributed by atoms with Crippen molar-refractivity contribution in [2.75, 3.05) is 5.32 Å². The average molecular weight is 361 g/mol. The van der Waals surface area contributed by atoms with Crippen LogP contribution in [0.5, 0.6) is 0 Å². The number of carbonyl (C=O) groups is 1. The standard InChI is InChI=1S/C22H23N3O2/c1-15-10-11-16(2)19(14-15)23-21(27)22(3,4)25-20(26)13-12-18(24-25)17-8-6-5-7-9-17/h5-14H,1-4H3,(H,23,27). The highest BCUT2D eigenvalue weighted by Crippen LogP contribution is 2.22. The molecule has 138 valence electrons. The fourth-order valence-corrected chi connectivity index (χ4v) is 2.82. The summed E-state index contributed by atoms with van der Waals surface area (Å²) in [6.07, 6.45) is 0. The van der Waals surface area contributed by atoms with E-state index in [2.05, 4.69) is 10.4 Å². The van der Waals surface area contributed by atoms with Crippen LogP contribution in [0.1, 0.15) is 25.0 Å². The third-order valence-electron chi connectivity index (χ3n) is 4.60. The molecule has 0 radical (unpaired) electrons. The first-order valence-corrected chi connectivity index (χ1v) is 8.84. The second-order valence-corrected chi connectivity index (χ2v) is 7.17. The maximum atomic E-state index is 13.0. The molecule has 0 atom stereocenters. The Hall–Kier alpha value is -3.21. The van der Waals surface area contributed by atoms with Gasteiger partial charge in [0.15, 0.2) is 0 Å². The van der Waals surface area contributed by atoms with Gasteiger partial charge in [-0.25, -0.2) is 4.68 Å². The van der Waals surface area contributed by atoms with Crippen molar-refractivity contribution in [1.29, 1.82) is 0 Å². The minimum absolute atomic E-state index is 0.295. The van der Waals surface area contributed by atoms with Crippen LogP contribution < -0.4 is 10.9 Å². The molecule has 2 aromatic carbocycles. The fraction of sp³-hybridized carbons (Fsp3) is 0.227. The molecular weight excluding hydrogens is 338 g/mol. The van der Waals surface area contributed by atoms with Crippen molar-refractivity contribution in [2.24, 2.45) is 0 Å². The molecule has 0 aliphatic carbocycles. The van der Waals surface area contributed by atoms with E-state index in [1.165, 1.54) is 10.7 Å². The van der Waals surface area contributed by atoms with Gasteiger partial charge >= 0.3 is 0 Å². The van der Waals surface area contributed by atoms with E-state index in [0.29, 0.717) is 5.69 Å². The molecule has 1 heterocycles. The lowest BCUT2D eigenvalue weighted by Gasteiger charge is -2.26. The first-order chi connectivity index (χ1) is 12.8. The van der Waals surface area contributed by atoms with E-state index in [1.807, 2.05) is 62.4 Å². The Balaban J connectivity index is 1.97. The van der Waals surface area contributed by atoms with Crippen molar-refractivity contribution >= 4 is 11.6 Å². The number of aromatic nitrogens is 2. The Labute approximate surface area is 158 Å². The lowest BCUT2D eigenvalue weighted by atomic mass is 10.0. The van der Waals surface area contributed by atoms with E-state index < -0.39 is 5.54 Å². The number of nitrogens with zero attached hydrogens (tertiary/aromatic N) is 2. The number of hydrogen-bond donors (Lipinski definition) is 1. The molecule has 0 fully saturated rings. The van der Waals surface area contributed by atoms with Gasteiger partial charge in [0.05, 0.1) is 5.69 Å². The fourth-order valence-electron chi connectivity index (χ4n) is 2.82. The largest absolute Gasteiger partial charge is 0.324 e. The average Bonchev–Trinajstić information content (AvgIpc) is 2.65. The highest BCUT2D eigenvalue weighted by molar-refractivity contribution is 5.96. The molecule has 0 unspecified atom stereocenters. The van der Waals surface area contributed by atoms with Gasteiger partial charge in [-0.1, -0.05) is 42.5 Å². The number of anilines is 1. The summed E-state index contributed by atoms with van der Waals surface area (Å²) >= 11 is 0. The summed E-state index contributed by atoms with van der Waals surface area (Å²) in [5, 5.41) is 7.40. The van der Waals surface area contributed by atoms with Gasteiger partial charge in [-0.2, -0.15) is 5.10 Å². The highest BCUT2D eigenvalue weighted by Gasteiger charge is 2.32. The first-order valence-electron chi connectivity index (χ1n) is 8.84. The van der Waals surface area contributed by atoms with E-state index in [-0.39, 0.29) is 11.5 Å².